The van der Waals surface area contributed by atoms with Gasteiger partial charge in [-0.1, -0.05) is 198 Å². The first-order valence-corrected chi connectivity index (χ1v) is 27.6. The lowest BCUT2D eigenvalue weighted by Crippen LogP contribution is -2.61. The molecule has 12 nitrogen and oxygen atoms in total. The predicted molar refractivity (Wildman–Crippen MR) is 276 cm³/mol. The maximum Gasteiger partial charge on any atom is 0.335 e. The number of aliphatic hydroxyl groups excluding tert-OH is 2. The monoisotopic (exact) mass is 975 g/mol. The molecule has 6 unspecified atom stereocenters. The summed E-state index contributed by atoms with van der Waals surface area (Å²) in [5.41, 5.74) is 0. The molecular weight excluding hydrogens is 877 g/mol. The van der Waals surface area contributed by atoms with Gasteiger partial charge in [-0.05, 0) is 70.6 Å². The van der Waals surface area contributed by atoms with Crippen molar-refractivity contribution in [2.75, 3.05) is 13.2 Å². The van der Waals surface area contributed by atoms with Crippen molar-refractivity contribution in [3.05, 3.63) is 48.6 Å². The molecule has 1 fully saturated rings. The van der Waals surface area contributed by atoms with Crippen LogP contribution in [0.4, 0.5) is 0 Å². The zero-order valence-corrected chi connectivity index (χ0v) is 43.6. The molecule has 1 aliphatic heterocycles. The predicted octanol–water partition coefficient (Wildman–Crippen LogP) is 13.4. The summed E-state index contributed by atoms with van der Waals surface area (Å²) in [6.07, 6.45) is 41.0. The number of rotatable bonds is 46. The number of carbonyl (C=O) groups excluding carboxylic acids is 3. The highest BCUT2D eigenvalue weighted by atomic mass is 16.7. The molecule has 0 saturated carbocycles. The molecule has 1 aliphatic rings. The smallest absolute Gasteiger partial charge is 0.335 e. The molecule has 1 heterocycles. The highest BCUT2D eigenvalue weighted by molar-refractivity contribution is 5.74. The molecule has 3 N–H and O–H groups in total. The summed E-state index contributed by atoms with van der Waals surface area (Å²) in [5.74, 6) is -3.16. The fourth-order valence-corrected chi connectivity index (χ4v) is 8.13. The van der Waals surface area contributed by atoms with Gasteiger partial charge in [0, 0.05) is 19.3 Å². The average molecular weight is 975 g/mol. The van der Waals surface area contributed by atoms with Crippen molar-refractivity contribution in [1.29, 1.82) is 0 Å². The minimum Gasteiger partial charge on any atom is -0.479 e. The van der Waals surface area contributed by atoms with Crippen molar-refractivity contribution in [3.8, 4) is 0 Å². The number of ether oxygens (including phenoxy) is 5. The van der Waals surface area contributed by atoms with E-state index in [0.717, 1.165) is 96.3 Å². The number of esters is 3. The second-order valence-corrected chi connectivity index (χ2v) is 18.8. The van der Waals surface area contributed by atoms with Gasteiger partial charge in [-0.15, -0.1) is 0 Å². The van der Waals surface area contributed by atoms with Crippen LogP contribution in [-0.2, 0) is 42.9 Å². The highest BCUT2D eigenvalue weighted by Gasteiger charge is 2.50. The van der Waals surface area contributed by atoms with Crippen molar-refractivity contribution in [2.24, 2.45) is 0 Å². The van der Waals surface area contributed by atoms with Gasteiger partial charge in [0.2, 0.25) is 0 Å². The SMILES string of the molecule is CC/C=C\C/C=C\C/C=C\CCCCCC(=O)OC1C(OCC(COC(=O)CCCCCCCCCCCCCCCCC)OC(=O)CCCCCCC/C=C\CCCC)OC(C(=O)O)C(O)C1O. The van der Waals surface area contributed by atoms with Crippen LogP contribution in [0, 0.1) is 0 Å². The van der Waals surface area contributed by atoms with E-state index in [1.54, 1.807) is 0 Å². The molecule has 0 bridgehead atoms. The third kappa shape index (κ3) is 36.3. The Bertz CT molecular complexity index is 1390. The number of aliphatic hydroxyl groups is 2. The number of carboxylic acid groups (broad SMARTS) is 1. The minimum atomic E-state index is -1.91. The molecular formula is C57H98O12. The van der Waals surface area contributed by atoms with Crippen LogP contribution in [0.2, 0.25) is 0 Å². The molecule has 12 heteroatoms. The van der Waals surface area contributed by atoms with Crippen molar-refractivity contribution in [3.63, 3.8) is 0 Å². The number of hydrogen-bond acceptors (Lipinski definition) is 11. The Morgan fingerprint density at radius 1 is 0.493 bits per heavy atom. The normalized spacial score (nSPS) is 19.0. The lowest BCUT2D eigenvalue weighted by Gasteiger charge is -2.40. The Balaban J connectivity index is 2.72. The molecule has 0 aromatic carbocycles. The van der Waals surface area contributed by atoms with Gasteiger partial charge in [-0.25, -0.2) is 4.79 Å². The number of allylic oxidation sites excluding steroid dienone is 8. The van der Waals surface area contributed by atoms with E-state index in [-0.39, 0.29) is 25.9 Å². The summed E-state index contributed by atoms with van der Waals surface area (Å²) < 4.78 is 28.3. The van der Waals surface area contributed by atoms with Gasteiger partial charge in [-0.3, -0.25) is 14.4 Å². The first-order valence-electron chi connectivity index (χ1n) is 27.6. The third-order valence-electron chi connectivity index (χ3n) is 12.4. The summed E-state index contributed by atoms with van der Waals surface area (Å²) >= 11 is 0. The molecule has 6 atom stereocenters. The van der Waals surface area contributed by atoms with Crippen LogP contribution in [-0.4, -0.2) is 89.2 Å². The van der Waals surface area contributed by atoms with Crippen molar-refractivity contribution in [1.82, 2.24) is 0 Å². The van der Waals surface area contributed by atoms with Crippen molar-refractivity contribution in [2.45, 2.75) is 276 Å². The number of hydrogen-bond donors (Lipinski definition) is 3. The maximum atomic E-state index is 13.1. The lowest BCUT2D eigenvalue weighted by molar-refractivity contribution is -0.301. The fraction of sp³-hybridized carbons (Fsp3) is 0.789. The first kappa shape index (κ1) is 63.7. The molecule has 0 aromatic heterocycles. The van der Waals surface area contributed by atoms with E-state index in [0.29, 0.717) is 19.3 Å². The zero-order valence-electron chi connectivity index (χ0n) is 43.6. The summed E-state index contributed by atoms with van der Waals surface area (Å²) in [6.45, 7) is 5.81. The Kier molecular flexibility index (Phi) is 42.3. The second kappa shape index (κ2) is 45.8. The van der Waals surface area contributed by atoms with Gasteiger partial charge < -0.3 is 39.0 Å². The summed E-state index contributed by atoms with van der Waals surface area (Å²) in [4.78, 5) is 50.9. The van der Waals surface area contributed by atoms with E-state index < -0.39 is 67.3 Å². The number of aliphatic carboxylic acids is 1. The maximum absolute atomic E-state index is 13.1. The molecule has 0 radical (unpaired) electrons. The quantitative estimate of drug-likeness (QED) is 0.0228. The zero-order chi connectivity index (χ0) is 50.4. The van der Waals surface area contributed by atoms with Crippen LogP contribution in [0.5, 0.6) is 0 Å². The Morgan fingerprint density at radius 3 is 1.46 bits per heavy atom. The Morgan fingerprint density at radius 2 is 0.928 bits per heavy atom. The number of unbranched alkanes of at least 4 members (excludes halogenated alkanes) is 24. The van der Waals surface area contributed by atoms with Crippen LogP contribution in [0.25, 0.3) is 0 Å². The van der Waals surface area contributed by atoms with Gasteiger partial charge in [-0.2, -0.15) is 0 Å². The van der Waals surface area contributed by atoms with Crippen molar-refractivity contribution >= 4 is 23.9 Å². The fourth-order valence-electron chi connectivity index (χ4n) is 8.13. The van der Waals surface area contributed by atoms with E-state index in [2.05, 4.69) is 69.4 Å². The largest absolute Gasteiger partial charge is 0.479 e. The molecule has 0 aliphatic carbocycles. The van der Waals surface area contributed by atoms with Crippen LogP contribution in [0.1, 0.15) is 239 Å². The molecule has 0 spiro atoms. The molecule has 1 rings (SSSR count). The van der Waals surface area contributed by atoms with Crippen LogP contribution < -0.4 is 0 Å². The Labute approximate surface area is 418 Å². The highest BCUT2D eigenvalue weighted by Crippen LogP contribution is 2.26. The van der Waals surface area contributed by atoms with Crippen molar-refractivity contribution < 1.29 is 58.2 Å². The second-order valence-electron chi connectivity index (χ2n) is 18.8. The lowest BCUT2D eigenvalue weighted by atomic mass is 9.98. The molecule has 398 valence electrons. The van der Waals surface area contributed by atoms with Gasteiger partial charge in [0.1, 0.15) is 18.8 Å². The van der Waals surface area contributed by atoms with Gasteiger partial charge in [0.05, 0.1) is 6.61 Å². The van der Waals surface area contributed by atoms with Gasteiger partial charge in [0.15, 0.2) is 24.6 Å². The molecule has 0 aromatic rings. The van der Waals surface area contributed by atoms with E-state index in [4.69, 9.17) is 23.7 Å². The summed E-state index contributed by atoms with van der Waals surface area (Å²) in [6, 6.07) is 0. The van der Waals surface area contributed by atoms with E-state index in [1.807, 2.05) is 0 Å². The Hall–Kier alpha value is -3.32. The van der Waals surface area contributed by atoms with Crippen LogP contribution in [0.15, 0.2) is 48.6 Å². The van der Waals surface area contributed by atoms with Crippen LogP contribution >= 0.6 is 0 Å². The van der Waals surface area contributed by atoms with Gasteiger partial charge in [0.25, 0.3) is 0 Å². The summed E-state index contributed by atoms with van der Waals surface area (Å²) in [7, 11) is 0. The van der Waals surface area contributed by atoms with E-state index in [9.17, 15) is 34.5 Å². The van der Waals surface area contributed by atoms with E-state index >= 15 is 0 Å². The molecule has 69 heavy (non-hydrogen) atoms. The van der Waals surface area contributed by atoms with E-state index in [1.165, 1.54) is 83.5 Å². The number of carboxylic acids is 1. The average Bonchev–Trinajstić information content (AvgIpc) is 3.33. The summed E-state index contributed by atoms with van der Waals surface area (Å²) in [5, 5.41) is 31.3. The van der Waals surface area contributed by atoms with Gasteiger partial charge >= 0.3 is 23.9 Å². The standard InChI is InChI=1S/C57H98O12/c1-4-7-10-13-16-19-22-24-25-27-29-31-34-37-40-43-49(58)65-46-48(67-50(59)44-41-38-35-32-28-21-18-15-12-9-6-3)47-66-57-55(53(62)52(61)54(69-57)56(63)64)68-51(60)45-42-39-36-33-30-26-23-20-17-14-11-8-5-2/h8,11,15,17-18,20,26,30,48,52-55,57,61-62H,4-7,9-10,12-14,16,19,21-25,27-29,31-47H2,1-3H3,(H,63,64)/b11-8-,18-15-,20-17-,30-26-. The topological polar surface area (TPSA) is 175 Å². The molecule has 0 amide bonds. The van der Waals surface area contributed by atoms with Crippen LogP contribution in [0.3, 0.4) is 0 Å². The number of carbonyl (C=O) groups is 4. The minimum absolute atomic E-state index is 0.0256. The first-order chi connectivity index (χ1) is 33.6. The molecule has 1 saturated heterocycles. The third-order valence-corrected chi connectivity index (χ3v) is 12.4.